The van der Waals surface area contributed by atoms with Gasteiger partial charge >= 0.3 is 0 Å². The van der Waals surface area contributed by atoms with Crippen LogP contribution in [-0.2, 0) is 11.3 Å². The molecule has 0 fully saturated rings. The lowest BCUT2D eigenvalue weighted by Gasteiger charge is -2.15. The van der Waals surface area contributed by atoms with Crippen LogP contribution in [0.4, 0.5) is 5.69 Å². The van der Waals surface area contributed by atoms with Crippen molar-refractivity contribution in [3.05, 3.63) is 77.0 Å². The minimum absolute atomic E-state index is 0.0290. The van der Waals surface area contributed by atoms with Gasteiger partial charge in [-0.2, -0.15) is 0 Å². The third-order valence-corrected chi connectivity index (χ3v) is 4.84. The molecule has 0 spiro atoms. The molecule has 4 aromatic rings. The third-order valence-electron chi connectivity index (χ3n) is 4.84. The van der Waals surface area contributed by atoms with Gasteiger partial charge in [0.2, 0.25) is 12.7 Å². The number of ether oxygens (including phenoxy) is 2. The Morgan fingerprint density at radius 2 is 1.54 bits per heavy atom. The molecule has 3 aromatic carbocycles. The summed E-state index contributed by atoms with van der Waals surface area (Å²) in [6.45, 7) is 0.262. The Hall–Kier alpha value is -3.80. The predicted octanol–water partition coefficient (Wildman–Crippen LogP) is 3.52. The number of carbonyl (C=O) groups is 1. The normalized spacial score (nSPS) is 12.4. The Morgan fingerprint density at radius 1 is 0.893 bits per heavy atom. The lowest BCUT2D eigenvalue weighted by Crippen LogP contribution is -2.21. The van der Waals surface area contributed by atoms with Gasteiger partial charge in [0, 0.05) is 22.5 Å². The van der Waals surface area contributed by atoms with Gasteiger partial charge in [-0.05, 0) is 36.4 Å². The smallest absolute Gasteiger partial charge is 0.244 e. The van der Waals surface area contributed by atoms with Crippen LogP contribution in [0, 0.1) is 0 Å². The molecule has 0 saturated heterocycles. The van der Waals surface area contributed by atoms with Gasteiger partial charge in [-0.25, -0.2) is 0 Å². The zero-order chi connectivity index (χ0) is 19.1. The minimum atomic E-state index is -0.196. The van der Waals surface area contributed by atoms with Crippen molar-refractivity contribution >= 4 is 33.4 Å². The number of hydrogen-bond acceptors (Lipinski definition) is 4. The number of rotatable bonds is 3. The molecule has 0 saturated carbocycles. The second kappa shape index (κ2) is 6.42. The van der Waals surface area contributed by atoms with Gasteiger partial charge in [-0.1, -0.05) is 24.3 Å². The quantitative estimate of drug-likeness (QED) is 0.559. The number of fused-ring (bicyclic) bond motifs is 3. The highest BCUT2D eigenvalue weighted by Crippen LogP contribution is 2.34. The zero-order valence-corrected chi connectivity index (χ0v) is 14.8. The molecule has 6 nitrogen and oxygen atoms in total. The summed E-state index contributed by atoms with van der Waals surface area (Å²) in [6, 6.07) is 20.0. The van der Waals surface area contributed by atoms with Crippen LogP contribution in [0.5, 0.6) is 11.5 Å². The molecule has 28 heavy (non-hydrogen) atoms. The number of nitrogens with one attached hydrogen (secondary N) is 1. The van der Waals surface area contributed by atoms with Crippen molar-refractivity contribution in [3.8, 4) is 11.5 Å². The number of amides is 1. The van der Waals surface area contributed by atoms with Crippen LogP contribution < -0.4 is 20.2 Å². The predicted molar refractivity (Wildman–Crippen MR) is 107 cm³/mol. The van der Waals surface area contributed by atoms with Crippen molar-refractivity contribution in [1.29, 1.82) is 0 Å². The van der Waals surface area contributed by atoms with Crippen LogP contribution in [-0.4, -0.2) is 17.3 Å². The van der Waals surface area contributed by atoms with E-state index >= 15 is 0 Å². The number of para-hydroxylation sites is 2. The Bertz CT molecular complexity index is 1230. The number of anilines is 1. The molecule has 1 amide bonds. The molecule has 0 bridgehead atoms. The van der Waals surface area contributed by atoms with E-state index in [2.05, 4.69) is 5.32 Å². The molecular formula is C22H16N2O4. The van der Waals surface area contributed by atoms with Gasteiger partial charge in [0.25, 0.3) is 0 Å². The Morgan fingerprint density at radius 3 is 2.25 bits per heavy atom. The summed E-state index contributed by atoms with van der Waals surface area (Å²) in [5.74, 6) is 1.07. The van der Waals surface area contributed by atoms with Gasteiger partial charge in [0.05, 0.1) is 11.0 Å². The van der Waals surface area contributed by atoms with E-state index in [0.717, 1.165) is 11.0 Å². The lowest BCUT2D eigenvalue weighted by atomic mass is 10.1. The third kappa shape index (κ3) is 2.66. The first kappa shape index (κ1) is 16.4. The van der Waals surface area contributed by atoms with Crippen molar-refractivity contribution in [3.63, 3.8) is 0 Å². The van der Waals surface area contributed by atoms with Crippen molar-refractivity contribution in [2.75, 3.05) is 12.1 Å². The summed E-state index contributed by atoms with van der Waals surface area (Å²) in [6.07, 6.45) is 0. The highest BCUT2D eigenvalue weighted by molar-refractivity contribution is 5.97. The lowest BCUT2D eigenvalue weighted by molar-refractivity contribution is -0.116. The fourth-order valence-electron chi connectivity index (χ4n) is 3.57. The Kier molecular flexibility index (Phi) is 3.76. The van der Waals surface area contributed by atoms with Crippen LogP contribution in [0.3, 0.4) is 0 Å². The van der Waals surface area contributed by atoms with E-state index < -0.39 is 0 Å². The van der Waals surface area contributed by atoms with Gasteiger partial charge < -0.3 is 19.4 Å². The van der Waals surface area contributed by atoms with E-state index in [1.807, 2.05) is 41.0 Å². The molecule has 138 valence electrons. The maximum absolute atomic E-state index is 12.8. The van der Waals surface area contributed by atoms with Crippen LogP contribution in [0.1, 0.15) is 0 Å². The summed E-state index contributed by atoms with van der Waals surface area (Å²) in [7, 11) is 0. The van der Waals surface area contributed by atoms with Crippen LogP contribution in [0.25, 0.3) is 21.8 Å². The molecule has 1 aliphatic heterocycles. The van der Waals surface area contributed by atoms with E-state index in [1.165, 1.54) is 0 Å². The molecule has 2 heterocycles. The molecule has 0 unspecified atom stereocenters. The average molecular weight is 372 g/mol. The van der Waals surface area contributed by atoms with Crippen molar-refractivity contribution < 1.29 is 14.3 Å². The molecule has 0 atom stereocenters. The number of pyridine rings is 1. The molecule has 5 rings (SSSR count). The zero-order valence-electron chi connectivity index (χ0n) is 14.8. The highest BCUT2D eigenvalue weighted by Gasteiger charge is 2.16. The number of nitrogens with zero attached hydrogens (tertiary/aromatic N) is 1. The highest BCUT2D eigenvalue weighted by atomic mass is 16.7. The number of aromatic nitrogens is 1. The summed E-state index contributed by atoms with van der Waals surface area (Å²) < 4.78 is 12.5. The first-order valence-corrected chi connectivity index (χ1v) is 8.90. The van der Waals surface area contributed by atoms with Crippen molar-refractivity contribution in [2.24, 2.45) is 0 Å². The topological polar surface area (TPSA) is 69.6 Å². The van der Waals surface area contributed by atoms with E-state index in [9.17, 15) is 9.59 Å². The van der Waals surface area contributed by atoms with Crippen molar-refractivity contribution in [1.82, 2.24) is 4.57 Å². The Balaban J connectivity index is 1.54. The monoisotopic (exact) mass is 372 g/mol. The summed E-state index contributed by atoms with van der Waals surface area (Å²) in [5.41, 5.74) is 2.06. The maximum Gasteiger partial charge on any atom is 0.244 e. The molecule has 6 heteroatoms. The second-order valence-electron chi connectivity index (χ2n) is 6.57. The largest absolute Gasteiger partial charge is 0.454 e. The first-order valence-electron chi connectivity index (χ1n) is 8.90. The van der Waals surface area contributed by atoms with Crippen LogP contribution in [0.2, 0.25) is 0 Å². The first-order chi connectivity index (χ1) is 13.7. The van der Waals surface area contributed by atoms with E-state index in [1.54, 1.807) is 30.3 Å². The Labute approximate surface area is 159 Å². The maximum atomic E-state index is 12.8. The number of benzene rings is 3. The average Bonchev–Trinajstić information content (AvgIpc) is 3.19. The van der Waals surface area contributed by atoms with Gasteiger partial charge in [0.15, 0.2) is 16.9 Å². The van der Waals surface area contributed by atoms with Gasteiger partial charge in [-0.15, -0.1) is 0 Å². The van der Waals surface area contributed by atoms with Crippen LogP contribution in [0.15, 0.2) is 71.5 Å². The summed E-state index contributed by atoms with van der Waals surface area (Å²) >= 11 is 0. The molecule has 1 N–H and O–H groups in total. The SMILES string of the molecule is O=C(Cn1c2ccccc2c(=O)c2ccccc21)Nc1ccc2c(c1)OCO2. The molecule has 0 aliphatic carbocycles. The fraction of sp³-hybridized carbons (Fsp3) is 0.0909. The van der Waals surface area contributed by atoms with Crippen molar-refractivity contribution in [2.45, 2.75) is 6.54 Å². The number of hydrogen-bond donors (Lipinski definition) is 1. The van der Waals surface area contributed by atoms with Crippen LogP contribution >= 0.6 is 0 Å². The second-order valence-corrected chi connectivity index (χ2v) is 6.57. The van der Waals surface area contributed by atoms with Gasteiger partial charge in [-0.3, -0.25) is 9.59 Å². The molecule has 1 aromatic heterocycles. The molecule has 1 aliphatic rings. The summed E-state index contributed by atoms with van der Waals surface area (Å²) in [5, 5.41) is 4.08. The number of carbonyl (C=O) groups excluding carboxylic acids is 1. The molecular weight excluding hydrogens is 356 g/mol. The van der Waals surface area contributed by atoms with E-state index in [0.29, 0.717) is 28.0 Å². The summed E-state index contributed by atoms with van der Waals surface area (Å²) in [4.78, 5) is 25.6. The molecule has 0 radical (unpaired) electrons. The van der Waals surface area contributed by atoms with E-state index in [4.69, 9.17) is 9.47 Å². The minimum Gasteiger partial charge on any atom is -0.454 e. The van der Waals surface area contributed by atoms with Gasteiger partial charge in [0.1, 0.15) is 6.54 Å². The fourth-order valence-corrected chi connectivity index (χ4v) is 3.57. The van der Waals surface area contributed by atoms with E-state index in [-0.39, 0.29) is 24.7 Å². The standard InChI is InChI=1S/C22H16N2O4/c25-21(23-14-9-10-19-20(11-14)28-13-27-19)12-24-17-7-3-1-5-15(17)22(26)16-6-2-4-8-18(16)24/h1-11H,12-13H2,(H,23,25).